The van der Waals surface area contributed by atoms with Crippen molar-refractivity contribution in [3.05, 3.63) is 27.3 Å². The van der Waals surface area contributed by atoms with Crippen molar-refractivity contribution in [3.63, 3.8) is 0 Å². The minimum Gasteiger partial charge on any atom is -0.314 e. The maximum absolute atomic E-state index is 4.91. The van der Waals surface area contributed by atoms with Crippen LogP contribution in [0.5, 0.6) is 0 Å². The number of aryl methyl sites for hydroxylation is 1. The lowest BCUT2D eigenvalue weighted by Gasteiger charge is -2.31. The first kappa shape index (κ1) is 11.1. The second kappa shape index (κ2) is 4.14. The van der Waals surface area contributed by atoms with E-state index in [9.17, 15) is 0 Å². The molecule has 0 amide bonds. The highest BCUT2D eigenvalue weighted by Crippen LogP contribution is 2.45. The maximum atomic E-state index is 4.91. The molecule has 94 valence electrons. The topological polar surface area (TPSA) is 15.6 Å². The van der Waals surface area contributed by atoms with Gasteiger partial charge in [-0.3, -0.25) is 4.99 Å². The van der Waals surface area contributed by atoms with Gasteiger partial charge in [0, 0.05) is 10.3 Å². The predicted molar refractivity (Wildman–Crippen MR) is 79.9 cm³/mol. The molecule has 0 saturated heterocycles. The van der Waals surface area contributed by atoms with E-state index in [2.05, 4.69) is 29.4 Å². The Labute approximate surface area is 116 Å². The number of amidine groups is 1. The number of nitrogens with zero attached hydrogens (tertiary/aromatic N) is 2. The Morgan fingerprint density at radius 2 is 2.17 bits per heavy atom. The summed E-state index contributed by atoms with van der Waals surface area (Å²) in [6.45, 7) is 2.18. The van der Waals surface area contributed by atoms with E-state index in [0.717, 1.165) is 0 Å². The molecule has 1 saturated carbocycles. The van der Waals surface area contributed by atoms with Gasteiger partial charge in [-0.1, -0.05) is 24.6 Å². The van der Waals surface area contributed by atoms with Crippen LogP contribution in [0, 0.1) is 6.92 Å². The van der Waals surface area contributed by atoms with E-state index >= 15 is 0 Å². The highest BCUT2D eigenvalue weighted by molar-refractivity contribution is 8.16. The van der Waals surface area contributed by atoms with Crippen LogP contribution in [0.1, 0.15) is 35.4 Å². The SMILES string of the molecule is Cc1ccc(C2=CSC3=N[C@@H]4CCCC[C@H]4N23)s1. The van der Waals surface area contributed by atoms with E-state index in [1.165, 1.54) is 46.3 Å². The lowest BCUT2D eigenvalue weighted by molar-refractivity contribution is 0.306. The van der Waals surface area contributed by atoms with E-state index in [1.807, 2.05) is 23.1 Å². The standard InChI is InChI=1S/C14H16N2S2/c1-9-6-7-13(18-9)12-8-17-14-15-10-4-2-3-5-11(10)16(12)14/h6-8,10-11H,2-5H2,1H3/t10-,11-/m1/s1. The molecule has 3 heterocycles. The molecule has 1 aliphatic carbocycles. The third-order valence-corrected chi connectivity index (χ3v) is 5.91. The fraction of sp³-hybridized carbons (Fsp3) is 0.500. The molecular weight excluding hydrogens is 260 g/mol. The largest absolute Gasteiger partial charge is 0.314 e. The van der Waals surface area contributed by atoms with E-state index in [-0.39, 0.29) is 0 Å². The Hall–Kier alpha value is -0.740. The molecule has 2 atom stereocenters. The van der Waals surface area contributed by atoms with Crippen LogP contribution in [-0.2, 0) is 0 Å². The number of hydrogen-bond donors (Lipinski definition) is 0. The number of thiophene rings is 1. The molecule has 4 rings (SSSR count). The van der Waals surface area contributed by atoms with Crippen molar-refractivity contribution in [2.75, 3.05) is 0 Å². The fourth-order valence-electron chi connectivity index (χ4n) is 3.17. The predicted octanol–water partition coefficient (Wildman–Crippen LogP) is 4.08. The van der Waals surface area contributed by atoms with E-state index < -0.39 is 0 Å². The van der Waals surface area contributed by atoms with Crippen LogP contribution in [0.25, 0.3) is 5.70 Å². The second-order valence-electron chi connectivity index (χ2n) is 5.23. The van der Waals surface area contributed by atoms with Crippen LogP contribution >= 0.6 is 23.1 Å². The van der Waals surface area contributed by atoms with Crippen LogP contribution < -0.4 is 0 Å². The molecule has 0 radical (unpaired) electrons. The zero-order valence-corrected chi connectivity index (χ0v) is 12.1. The van der Waals surface area contributed by atoms with Gasteiger partial charge in [0.15, 0.2) is 5.17 Å². The third kappa shape index (κ3) is 1.58. The van der Waals surface area contributed by atoms with Gasteiger partial charge >= 0.3 is 0 Å². The van der Waals surface area contributed by atoms with Gasteiger partial charge in [0.05, 0.1) is 22.7 Å². The van der Waals surface area contributed by atoms with Crippen LogP contribution in [0.2, 0.25) is 0 Å². The van der Waals surface area contributed by atoms with Gasteiger partial charge in [-0.05, 0) is 31.9 Å². The average molecular weight is 276 g/mol. The summed E-state index contributed by atoms with van der Waals surface area (Å²) in [6, 6.07) is 5.67. The normalized spacial score (nSPS) is 29.9. The number of aliphatic imine (C=N–C) groups is 1. The lowest BCUT2D eigenvalue weighted by Crippen LogP contribution is -2.37. The van der Waals surface area contributed by atoms with Gasteiger partial charge in [-0.2, -0.15) is 0 Å². The molecule has 0 aromatic carbocycles. The van der Waals surface area contributed by atoms with Gasteiger partial charge in [0.2, 0.25) is 0 Å². The van der Waals surface area contributed by atoms with Crippen LogP contribution in [0.15, 0.2) is 22.5 Å². The second-order valence-corrected chi connectivity index (χ2v) is 7.36. The number of rotatable bonds is 1. The minimum absolute atomic E-state index is 0.561. The molecule has 1 aromatic heterocycles. The summed E-state index contributed by atoms with van der Waals surface area (Å²) >= 11 is 3.71. The monoisotopic (exact) mass is 276 g/mol. The first-order valence-corrected chi connectivity index (χ1v) is 8.33. The highest BCUT2D eigenvalue weighted by atomic mass is 32.2. The van der Waals surface area contributed by atoms with E-state index in [4.69, 9.17) is 4.99 Å². The van der Waals surface area contributed by atoms with Crippen molar-refractivity contribution in [1.29, 1.82) is 0 Å². The summed E-state index contributed by atoms with van der Waals surface area (Å²) in [5, 5.41) is 3.53. The van der Waals surface area contributed by atoms with Gasteiger partial charge < -0.3 is 4.90 Å². The molecule has 2 aliphatic heterocycles. The van der Waals surface area contributed by atoms with Crippen LogP contribution in [0.4, 0.5) is 0 Å². The van der Waals surface area contributed by atoms with Crippen molar-refractivity contribution < 1.29 is 0 Å². The van der Waals surface area contributed by atoms with E-state index in [0.29, 0.717) is 12.1 Å². The molecule has 1 aromatic rings. The van der Waals surface area contributed by atoms with Gasteiger partial charge in [-0.25, -0.2) is 0 Å². The summed E-state index contributed by atoms with van der Waals surface area (Å²) in [6.07, 6.45) is 5.30. The molecule has 1 fully saturated rings. The molecule has 0 N–H and O–H groups in total. The molecule has 4 heteroatoms. The quantitative estimate of drug-likeness (QED) is 0.768. The molecule has 0 spiro atoms. The van der Waals surface area contributed by atoms with Crippen molar-refractivity contribution in [2.24, 2.45) is 4.99 Å². The smallest absolute Gasteiger partial charge is 0.168 e. The van der Waals surface area contributed by atoms with Gasteiger partial charge in [-0.15, -0.1) is 11.3 Å². The molecule has 3 aliphatic rings. The van der Waals surface area contributed by atoms with Crippen molar-refractivity contribution in [3.8, 4) is 0 Å². The minimum atomic E-state index is 0.561. The lowest BCUT2D eigenvalue weighted by atomic mass is 9.90. The summed E-state index contributed by atoms with van der Waals surface area (Å²) in [4.78, 5) is 10.2. The summed E-state index contributed by atoms with van der Waals surface area (Å²) in [7, 11) is 0. The van der Waals surface area contributed by atoms with Crippen molar-refractivity contribution >= 4 is 34.0 Å². The molecule has 0 unspecified atom stereocenters. The molecular formula is C14H16N2S2. The zero-order chi connectivity index (χ0) is 12.1. The summed E-state index contributed by atoms with van der Waals surface area (Å²) in [5.41, 5.74) is 1.39. The zero-order valence-electron chi connectivity index (χ0n) is 10.4. The van der Waals surface area contributed by atoms with Crippen LogP contribution in [-0.4, -0.2) is 22.2 Å². The fourth-order valence-corrected chi connectivity index (χ4v) is 5.13. The maximum Gasteiger partial charge on any atom is 0.168 e. The van der Waals surface area contributed by atoms with Gasteiger partial charge in [0.1, 0.15) is 0 Å². The Kier molecular flexibility index (Phi) is 2.55. The average Bonchev–Trinajstić information content (AvgIpc) is 3.02. The Bertz CT molecular complexity index is 544. The highest BCUT2D eigenvalue weighted by Gasteiger charge is 2.42. The number of thioether (sulfide) groups is 1. The molecule has 2 nitrogen and oxygen atoms in total. The van der Waals surface area contributed by atoms with Crippen LogP contribution in [0.3, 0.4) is 0 Å². The first-order valence-electron chi connectivity index (χ1n) is 6.63. The number of fused-ring (bicyclic) bond motifs is 3. The van der Waals surface area contributed by atoms with E-state index in [1.54, 1.807) is 0 Å². The van der Waals surface area contributed by atoms with Gasteiger partial charge in [0.25, 0.3) is 0 Å². The van der Waals surface area contributed by atoms with Crippen molar-refractivity contribution in [1.82, 2.24) is 4.90 Å². The Morgan fingerprint density at radius 1 is 1.28 bits per heavy atom. The van der Waals surface area contributed by atoms with Crippen molar-refractivity contribution in [2.45, 2.75) is 44.7 Å². The summed E-state index contributed by atoms with van der Waals surface area (Å²) < 4.78 is 0. The summed E-state index contributed by atoms with van der Waals surface area (Å²) in [5.74, 6) is 0. The Balaban J connectivity index is 1.69. The Morgan fingerprint density at radius 3 is 3.00 bits per heavy atom. The number of hydrogen-bond acceptors (Lipinski definition) is 4. The first-order chi connectivity index (χ1) is 8.83. The third-order valence-electron chi connectivity index (χ3n) is 4.04. The molecule has 18 heavy (non-hydrogen) atoms. The molecule has 0 bridgehead atoms.